The molecule has 1 N–H and O–H groups in total. The number of rotatable bonds is 9. The van der Waals surface area contributed by atoms with Gasteiger partial charge in [-0.3, -0.25) is 0 Å². The highest BCUT2D eigenvalue weighted by molar-refractivity contribution is 7.90. The topological polar surface area (TPSA) is 64.0 Å². The Bertz CT molecular complexity index is 1440. The summed E-state index contributed by atoms with van der Waals surface area (Å²) in [4.78, 5) is 4.80. The van der Waals surface area contributed by atoms with E-state index in [1.54, 1.807) is 28.8 Å². The maximum atomic E-state index is 14.3. The fourth-order valence-electron chi connectivity index (χ4n) is 4.12. The quantitative estimate of drug-likeness (QED) is 0.280. The van der Waals surface area contributed by atoms with Crippen LogP contribution in [0.4, 0.5) is 20.4 Å². The molecule has 0 saturated carbocycles. The van der Waals surface area contributed by atoms with Crippen molar-refractivity contribution in [3.8, 4) is 0 Å². The van der Waals surface area contributed by atoms with Crippen molar-refractivity contribution in [2.75, 3.05) is 11.6 Å². The Morgan fingerprint density at radius 3 is 2.40 bits per heavy atom. The first-order valence-corrected chi connectivity index (χ1v) is 13.5. The molecule has 0 aliphatic carbocycles. The van der Waals surface area contributed by atoms with Gasteiger partial charge in [0.2, 0.25) is 5.95 Å². The number of nitrogens with zero attached hydrogens (tertiary/aromatic N) is 2. The summed E-state index contributed by atoms with van der Waals surface area (Å²) in [6.45, 7) is 3.18. The van der Waals surface area contributed by atoms with Crippen molar-refractivity contribution in [2.24, 2.45) is 0 Å². The van der Waals surface area contributed by atoms with Crippen LogP contribution in [0.5, 0.6) is 0 Å². The van der Waals surface area contributed by atoms with E-state index in [0.29, 0.717) is 22.5 Å². The molecule has 0 fully saturated rings. The molecule has 0 aliphatic rings. The van der Waals surface area contributed by atoms with E-state index in [1.807, 2.05) is 12.1 Å². The molecule has 184 valence electrons. The highest BCUT2D eigenvalue weighted by Gasteiger charge is 2.27. The molecule has 3 aromatic carbocycles. The fraction of sp³-hybridized carbons (Fsp3) is 0.296. The van der Waals surface area contributed by atoms with E-state index in [1.165, 1.54) is 23.8 Å². The van der Waals surface area contributed by atoms with Crippen LogP contribution < -0.4 is 5.32 Å². The first-order chi connectivity index (χ1) is 16.6. The van der Waals surface area contributed by atoms with Crippen LogP contribution in [-0.2, 0) is 28.7 Å². The average Bonchev–Trinajstić information content (AvgIpc) is 3.14. The van der Waals surface area contributed by atoms with E-state index in [0.717, 1.165) is 38.1 Å². The molecule has 0 aliphatic heterocycles. The third-order valence-corrected chi connectivity index (χ3v) is 7.11. The SMILES string of the molecule is CCCCc1ccc(Nc2nc3cc(S(C)(=O)=O)ccc3n2Cc2ccccc2C(C)(F)F)cc1. The molecule has 1 heterocycles. The molecule has 4 aromatic rings. The van der Waals surface area contributed by atoms with E-state index < -0.39 is 15.8 Å². The second-order valence-corrected chi connectivity index (χ2v) is 10.9. The zero-order valence-corrected chi connectivity index (χ0v) is 20.9. The second-order valence-electron chi connectivity index (χ2n) is 8.92. The number of benzene rings is 3. The highest BCUT2D eigenvalue weighted by Crippen LogP contribution is 2.32. The van der Waals surface area contributed by atoms with Gasteiger partial charge < -0.3 is 9.88 Å². The van der Waals surface area contributed by atoms with Crippen LogP contribution in [-0.4, -0.2) is 24.2 Å². The largest absolute Gasteiger partial charge is 0.326 e. The van der Waals surface area contributed by atoms with Gasteiger partial charge in [-0.25, -0.2) is 22.2 Å². The summed E-state index contributed by atoms with van der Waals surface area (Å²) in [5, 5.41) is 3.30. The Hall–Kier alpha value is -3.26. The van der Waals surface area contributed by atoms with Crippen molar-refractivity contribution in [2.45, 2.75) is 50.5 Å². The van der Waals surface area contributed by atoms with Gasteiger partial charge in [0.25, 0.3) is 5.92 Å². The summed E-state index contributed by atoms with van der Waals surface area (Å²) in [5.41, 5.74) is 3.57. The van der Waals surface area contributed by atoms with Crippen molar-refractivity contribution < 1.29 is 17.2 Å². The molecule has 4 rings (SSSR count). The zero-order valence-electron chi connectivity index (χ0n) is 20.1. The van der Waals surface area contributed by atoms with Crippen molar-refractivity contribution in [1.82, 2.24) is 9.55 Å². The number of sulfone groups is 1. The smallest absolute Gasteiger partial charge is 0.270 e. The van der Waals surface area contributed by atoms with Crippen LogP contribution >= 0.6 is 0 Å². The number of aromatic nitrogens is 2. The monoisotopic (exact) mass is 497 g/mol. The first-order valence-electron chi connectivity index (χ1n) is 11.6. The van der Waals surface area contributed by atoms with Crippen molar-refractivity contribution in [3.05, 3.63) is 83.4 Å². The van der Waals surface area contributed by atoms with Crippen molar-refractivity contribution in [1.29, 1.82) is 0 Å². The minimum absolute atomic E-state index is 0.0548. The zero-order chi connectivity index (χ0) is 25.2. The first kappa shape index (κ1) is 24.9. The van der Waals surface area contributed by atoms with E-state index in [9.17, 15) is 17.2 Å². The minimum atomic E-state index is -3.42. The number of aryl methyl sites for hydroxylation is 1. The lowest BCUT2D eigenvalue weighted by atomic mass is 10.0. The van der Waals surface area contributed by atoms with Gasteiger partial charge in [-0.2, -0.15) is 0 Å². The Morgan fingerprint density at radius 1 is 1.03 bits per heavy atom. The second kappa shape index (κ2) is 9.77. The fourth-order valence-corrected chi connectivity index (χ4v) is 4.76. The van der Waals surface area contributed by atoms with Gasteiger partial charge in [-0.15, -0.1) is 0 Å². The predicted octanol–water partition coefficient (Wildman–Crippen LogP) is 6.69. The molecule has 0 bridgehead atoms. The Morgan fingerprint density at radius 2 is 1.74 bits per heavy atom. The van der Waals surface area contributed by atoms with Crippen molar-refractivity contribution in [3.63, 3.8) is 0 Å². The van der Waals surface area contributed by atoms with Gasteiger partial charge in [-0.05, 0) is 54.3 Å². The van der Waals surface area contributed by atoms with Gasteiger partial charge in [0, 0.05) is 24.4 Å². The van der Waals surface area contributed by atoms with Crippen LogP contribution in [0.25, 0.3) is 11.0 Å². The van der Waals surface area contributed by atoms with Crippen LogP contribution in [0.2, 0.25) is 0 Å². The lowest BCUT2D eigenvalue weighted by Gasteiger charge is -2.18. The summed E-state index contributed by atoms with van der Waals surface area (Å²) in [7, 11) is -3.42. The number of hydrogen-bond donors (Lipinski definition) is 1. The van der Waals surface area contributed by atoms with Crippen molar-refractivity contribution >= 4 is 32.5 Å². The number of fused-ring (bicyclic) bond motifs is 1. The van der Waals surface area contributed by atoms with Gasteiger partial charge in [-0.1, -0.05) is 49.7 Å². The van der Waals surface area contributed by atoms with Crippen LogP contribution in [0.3, 0.4) is 0 Å². The normalized spacial score (nSPS) is 12.3. The summed E-state index contributed by atoms with van der Waals surface area (Å²) in [6, 6.07) is 19.2. The summed E-state index contributed by atoms with van der Waals surface area (Å²) >= 11 is 0. The summed E-state index contributed by atoms with van der Waals surface area (Å²) in [5.74, 6) is -2.56. The number of halogens is 2. The third kappa shape index (κ3) is 5.70. The number of anilines is 2. The Labute approximate surface area is 204 Å². The van der Waals surface area contributed by atoms with Gasteiger partial charge in [0.15, 0.2) is 9.84 Å². The van der Waals surface area contributed by atoms with Gasteiger partial charge in [0.1, 0.15) is 0 Å². The molecule has 0 saturated heterocycles. The van der Waals surface area contributed by atoms with Crippen LogP contribution in [0.1, 0.15) is 43.4 Å². The molecule has 0 unspecified atom stereocenters. The predicted molar refractivity (Wildman–Crippen MR) is 136 cm³/mol. The number of hydrogen-bond acceptors (Lipinski definition) is 4. The lowest BCUT2D eigenvalue weighted by molar-refractivity contribution is 0.0165. The highest BCUT2D eigenvalue weighted by atomic mass is 32.2. The van der Waals surface area contributed by atoms with E-state index in [2.05, 4.69) is 29.4 Å². The molecule has 5 nitrogen and oxygen atoms in total. The molecule has 0 amide bonds. The molecular formula is C27H29F2N3O2S. The lowest BCUT2D eigenvalue weighted by Crippen LogP contribution is -2.14. The molecule has 0 atom stereocenters. The number of alkyl halides is 2. The van der Waals surface area contributed by atoms with E-state index in [4.69, 9.17) is 0 Å². The molecule has 0 spiro atoms. The standard InChI is InChI=1S/C27H29F2N3O2S/c1-4-5-8-19-11-13-21(14-12-19)30-26-31-24-17-22(35(3,33)34)15-16-25(24)32(26)18-20-9-6-7-10-23(20)27(2,28)29/h6-7,9-17H,4-5,8,18H2,1-3H3,(H,30,31). The third-order valence-electron chi connectivity index (χ3n) is 6.00. The minimum Gasteiger partial charge on any atom is -0.326 e. The van der Waals surface area contributed by atoms with Crippen LogP contribution in [0.15, 0.2) is 71.6 Å². The molecule has 1 aromatic heterocycles. The molecule has 8 heteroatoms. The van der Waals surface area contributed by atoms with Gasteiger partial charge in [0.05, 0.1) is 22.5 Å². The Balaban J connectivity index is 1.78. The molecule has 0 radical (unpaired) electrons. The Kier molecular flexibility index (Phi) is 6.94. The number of imidazole rings is 1. The summed E-state index contributed by atoms with van der Waals surface area (Å²) < 4.78 is 54.6. The number of nitrogens with one attached hydrogen (secondary N) is 1. The average molecular weight is 498 g/mol. The van der Waals surface area contributed by atoms with E-state index >= 15 is 0 Å². The molecule has 35 heavy (non-hydrogen) atoms. The molecular weight excluding hydrogens is 468 g/mol. The van der Waals surface area contributed by atoms with E-state index in [-0.39, 0.29) is 17.0 Å². The van der Waals surface area contributed by atoms with Gasteiger partial charge >= 0.3 is 0 Å². The number of unbranched alkanes of at least 4 members (excludes halogenated alkanes) is 1. The van der Waals surface area contributed by atoms with Crippen LogP contribution in [0, 0.1) is 0 Å². The maximum absolute atomic E-state index is 14.3. The maximum Gasteiger partial charge on any atom is 0.270 e. The summed E-state index contributed by atoms with van der Waals surface area (Å²) in [6.07, 6.45) is 4.39.